The molecule has 0 rings (SSSR count). The van der Waals surface area contributed by atoms with Crippen LogP contribution in [-0.2, 0) is 9.15 Å². The smallest absolute Gasteiger partial charge is 0.316 e. The third kappa shape index (κ3) is 150. The van der Waals surface area contributed by atoms with Crippen molar-refractivity contribution in [1.82, 2.24) is 0 Å². The number of thiol groups is 2. The largest absolute Gasteiger partial charge is 0.330 e. The third-order valence-corrected chi connectivity index (χ3v) is 0.387. The Morgan fingerprint density at radius 3 is 1.67 bits per heavy atom. The fraction of sp³-hybridized carbons (Fsp3) is 1.00. The molecule has 0 heterocycles. The van der Waals surface area contributed by atoms with Crippen molar-refractivity contribution in [2.45, 2.75) is 0 Å². The highest BCUT2D eigenvalue weighted by molar-refractivity contribution is 8.61. The molecule has 0 unspecified atom stereocenters. The van der Waals surface area contributed by atoms with Crippen LogP contribution in [0.1, 0.15) is 0 Å². The SMILES string of the molecule is NCCS.O=S(=O)(O)S. The van der Waals surface area contributed by atoms with E-state index in [4.69, 9.17) is 18.7 Å². The quantitative estimate of drug-likeness (QED) is 0.258. The molecule has 0 radical (unpaired) electrons. The van der Waals surface area contributed by atoms with Gasteiger partial charge in [-0.2, -0.15) is 21.0 Å². The van der Waals surface area contributed by atoms with Gasteiger partial charge in [-0.1, -0.05) is 0 Å². The molecular formula is C2H9NO3S3. The number of hydrogen-bond acceptors (Lipinski definition) is 4. The Labute approximate surface area is 64.8 Å². The van der Waals surface area contributed by atoms with Crippen LogP contribution in [0.5, 0.6) is 0 Å². The normalized spacial score (nSPS) is 9.78. The lowest BCUT2D eigenvalue weighted by atomic mass is 10.8. The van der Waals surface area contributed by atoms with Gasteiger partial charge in [0.15, 0.2) is 0 Å². The van der Waals surface area contributed by atoms with Gasteiger partial charge in [-0.05, 0) is 11.7 Å². The van der Waals surface area contributed by atoms with Crippen LogP contribution in [0.25, 0.3) is 0 Å². The molecule has 0 aromatic rings. The highest BCUT2D eigenvalue weighted by atomic mass is 33.1. The average molecular weight is 191 g/mol. The van der Waals surface area contributed by atoms with Crippen molar-refractivity contribution in [2.75, 3.05) is 12.3 Å². The molecule has 0 aliphatic rings. The van der Waals surface area contributed by atoms with Crippen LogP contribution in [0.4, 0.5) is 0 Å². The van der Waals surface area contributed by atoms with Crippen LogP contribution in [-0.4, -0.2) is 25.3 Å². The Balaban J connectivity index is 0. The average Bonchev–Trinajstić information content (AvgIpc) is 1.61. The van der Waals surface area contributed by atoms with Gasteiger partial charge in [0.1, 0.15) is 0 Å². The van der Waals surface area contributed by atoms with Gasteiger partial charge in [0.2, 0.25) is 0 Å². The van der Waals surface area contributed by atoms with Gasteiger partial charge < -0.3 is 5.73 Å². The molecule has 0 aromatic heterocycles. The van der Waals surface area contributed by atoms with Crippen LogP contribution in [0.3, 0.4) is 0 Å². The van der Waals surface area contributed by atoms with Gasteiger partial charge in [0.25, 0.3) is 0 Å². The maximum Gasteiger partial charge on any atom is 0.316 e. The van der Waals surface area contributed by atoms with Gasteiger partial charge in [0.05, 0.1) is 0 Å². The van der Waals surface area contributed by atoms with Crippen molar-refractivity contribution in [3.05, 3.63) is 0 Å². The first-order chi connectivity index (χ1) is 3.91. The summed E-state index contributed by atoms with van der Waals surface area (Å²) in [5.74, 6) is 0.792. The number of rotatable bonds is 1. The molecule has 0 saturated carbocycles. The first-order valence-corrected chi connectivity index (χ1v) is 5.05. The van der Waals surface area contributed by atoms with E-state index in [0.29, 0.717) is 6.54 Å². The summed E-state index contributed by atoms with van der Waals surface area (Å²) in [6, 6.07) is 0. The van der Waals surface area contributed by atoms with Crippen molar-refractivity contribution in [2.24, 2.45) is 5.73 Å². The van der Waals surface area contributed by atoms with Crippen LogP contribution in [0.15, 0.2) is 0 Å². The first kappa shape index (κ1) is 12.3. The monoisotopic (exact) mass is 191 g/mol. The Morgan fingerprint density at radius 1 is 1.56 bits per heavy atom. The van der Waals surface area contributed by atoms with Gasteiger partial charge in [-0.25, -0.2) is 0 Å². The molecule has 9 heavy (non-hydrogen) atoms. The molecule has 3 N–H and O–H groups in total. The summed E-state index contributed by atoms with van der Waals surface area (Å²) in [7, 11) is -3.97. The molecule has 0 spiro atoms. The molecule has 0 fully saturated rings. The molecule has 4 nitrogen and oxygen atoms in total. The Kier molecular flexibility index (Phi) is 9.11. The predicted molar refractivity (Wildman–Crippen MR) is 43.4 cm³/mol. The zero-order chi connectivity index (χ0) is 7.91. The lowest BCUT2D eigenvalue weighted by Crippen LogP contribution is -1.97. The molecule has 0 aromatic carbocycles. The van der Waals surface area contributed by atoms with Crippen molar-refractivity contribution >= 4 is 33.4 Å². The van der Waals surface area contributed by atoms with Crippen LogP contribution < -0.4 is 5.73 Å². The van der Waals surface area contributed by atoms with Crippen molar-refractivity contribution in [3.8, 4) is 0 Å². The highest BCUT2D eigenvalue weighted by Crippen LogP contribution is 1.81. The molecule has 0 saturated heterocycles. The summed E-state index contributed by atoms with van der Waals surface area (Å²) in [5.41, 5.74) is 4.95. The molecule has 0 bridgehead atoms. The molecule has 7 heteroatoms. The summed E-state index contributed by atoms with van der Waals surface area (Å²) in [6.07, 6.45) is 0. The predicted octanol–water partition coefficient (Wildman–Crippen LogP) is -0.406. The zero-order valence-electron chi connectivity index (χ0n) is 4.56. The van der Waals surface area contributed by atoms with E-state index in [1.165, 1.54) is 0 Å². The second kappa shape index (κ2) is 6.69. The van der Waals surface area contributed by atoms with E-state index in [0.717, 1.165) is 5.75 Å². The van der Waals surface area contributed by atoms with Gasteiger partial charge in [0, 0.05) is 12.3 Å². The number of nitrogens with two attached hydrogens (primary N) is 1. The van der Waals surface area contributed by atoms with E-state index >= 15 is 0 Å². The lowest BCUT2D eigenvalue weighted by molar-refractivity contribution is 0.503. The third-order valence-electron chi connectivity index (χ3n) is 0.129. The first-order valence-electron chi connectivity index (χ1n) is 1.92. The van der Waals surface area contributed by atoms with Crippen LogP contribution in [0, 0.1) is 0 Å². The van der Waals surface area contributed by atoms with Crippen molar-refractivity contribution in [1.29, 1.82) is 0 Å². The Morgan fingerprint density at radius 2 is 1.67 bits per heavy atom. The van der Waals surface area contributed by atoms with E-state index in [1.54, 1.807) is 0 Å². The Bertz CT molecular complexity index is 120. The molecule has 0 atom stereocenters. The minimum atomic E-state index is -3.97. The minimum absolute atomic E-state index is 0.684. The summed E-state index contributed by atoms with van der Waals surface area (Å²) in [6.45, 7) is 0.684. The van der Waals surface area contributed by atoms with Crippen molar-refractivity contribution in [3.63, 3.8) is 0 Å². The highest BCUT2D eigenvalue weighted by Gasteiger charge is 1.83. The lowest BCUT2D eigenvalue weighted by Gasteiger charge is -1.69. The zero-order valence-corrected chi connectivity index (χ0v) is 7.16. The van der Waals surface area contributed by atoms with E-state index in [-0.39, 0.29) is 0 Å². The second-order valence-corrected chi connectivity index (χ2v) is 3.69. The molecular weight excluding hydrogens is 182 g/mol. The Hall–Kier alpha value is 0.570. The van der Waals surface area contributed by atoms with E-state index in [9.17, 15) is 0 Å². The summed E-state index contributed by atoms with van der Waals surface area (Å²) in [5, 5.41) is 0. The summed E-state index contributed by atoms with van der Waals surface area (Å²) >= 11 is 6.45. The van der Waals surface area contributed by atoms with Gasteiger partial charge in [-0.15, -0.1) is 0 Å². The summed E-state index contributed by atoms with van der Waals surface area (Å²) in [4.78, 5) is 0. The maximum atomic E-state index is 9.05. The van der Waals surface area contributed by atoms with Crippen LogP contribution >= 0.6 is 24.3 Å². The van der Waals surface area contributed by atoms with Gasteiger partial charge in [-0.3, -0.25) is 4.55 Å². The fourth-order valence-corrected chi connectivity index (χ4v) is 0. The molecule has 0 aliphatic heterocycles. The molecule has 58 valence electrons. The van der Waals surface area contributed by atoms with Crippen LogP contribution in [0.2, 0.25) is 0 Å². The maximum absolute atomic E-state index is 9.05. The van der Waals surface area contributed by atoms with Crippen molar-refractivity contribution < 1.29 is 13.0 Å². The van der Waals surface area contributed by atoms with E-state index in [2.05, 4.69) is 24.3 Å². The molecule has 0 aliphatic carbocycles. The van der Waals surface area contributed by atoms with E-state index in [1.807, 2.05) is 0 Å². The minimum Gasteiger partial charge on any atom is -0.330 e. The topological polar surface area (TPSA) is 80.4 Å². The van der Waals surface area contributed by atoms with E-state index < -0.39 is 9.15 Å². The molecule has 0 amide bonds. The second-order valence-electron chi connectivity index (χ2n) is 0.960. The summed E-state index contributed by atoms with van der Waals surface area (Å²) < 4.78 is 25.5. The number of hydrogen-bond donors (Lipinski definition) is 4. The van der Waals surface area contributed by atoms with Gasteiger partial charge >= 0.3 is 9.15 Å². The fourth-order valence-electron chi connectivity index (χ4n) is 0. The standard InChI is InChI=1S/C2H7NS.H2O3S2/c3-1-2-4;1-5(2,3)4/h4H,1-3H2;(H2,1,2,3,4).